The number of carbonyl (C=O) groups excluding carboxylic acids is 2. The SMILES string of the molecule is O=C([O-])C[C@H](NC(=O)Cc1ccccc1)c1cccc([N+](=O)[O-])c1. The molecule has 0 saturated heterocycles. The van der Waals surface area contributed by atoms with E-state index in [2.05, 4.69) is 5.32 Å². The van der Waals surface area contributed by atoms with E-state index >= 15 is 0 Å². The summed E-state index contributed by atoms with van der Waals surface area (Å²) in [5, 5.41) is 24.4. The molecule has 124 valence electrons. The molecule has 0 aliphatic rings. The molecule has 7 nitrogen and oxygen atoms in total. The lowest BCUT2D eigenvalue weighted by Crippen LogP contribution is -2.35. The van der Waals surface area contributed by atoms with E-state index in [1.54, 1.807) is 24.3 Å². The lowest BCUT2D eigenvalue weighted by atomic mass is 10.0. The van der Waals surface area contributed by atoms with Gasteiger partial charge in [-0.1, -0.05) is 42.5 Å². The van der Waals surface area contributed by atoms with Crippen molar-refractivity contribution >= 4 is 17.6 Å². The highest BCUT2D eigenvalue weighted by atomic mass is 16.6. The maximum absolute atomic E-state index is 12.1. The van der Waals surface area contributed by atoms with Crippen molar-refractivity contribution in [2.24, 2.45) is 0 Å². The van der Waals surface area contributed by atoms with Gasteiger partial charge in [0.2, 0.25) is 5.91 Å². The van der Waals surface area contributed by atoms with Crippen LogP contribution in [0.4, 0.5) is 5.69 Å². The molecule has 0 spiro atoms. The van der Waals surface area contributed by atoms with E-state index in [0.29, 0.717) is 5.56 Å². The highest BCUT2D eigenvalue weighted by Gasteiger charge is 2.18. The summed E-state index contributed by atoms with van der Waals surface area (Å²) in [6, 6.07) is 13.6. The van der Waals surface area contributed by atoms with Crippen molar-refractivity contribution in [1.82, 2.24) is 5.32 Å². The molecular formula is C17H15N2O5-. The van der Waals surface area contributed by atoms with Crippen LogP contribution in [0, 0.1) is 10.1 Å². The number of hydrogen-bond donors (Lipinski definition) is 1. The molecule has 0 aliphatic heterocycles. The summed E-state index contributed by atoms with van der Waals surface area (Å²) in [6.07, 6.45) is -0.388. The van der Waals surface area contributed by atoms with Gasteiger partial charge in [0, 0.05) is 24.5 Å². The van der Waals surface area contributed by atoms with Crippen molar-refractivity contribution in [3.63, 3.8) is 0 Å². The zero-order valence-electron chi connectivity index (χ0n) is 12.7. The minimum Gasteiger partial charge on any atom is -0.550 e. The standard InChI is InChI=1S/C17H16N2O5/c20-16(9-12-5-2-1-3-6-12)18-15(11-17(21)22)13-7-4-8-14(10-13)19(23)24/h1-8,10,15H,9,11H2,(H,18,20)(H,21,22)/p-1/t15-/m0/s1. The van der Waals surface area contributed by atoms with Gasteiger partial charge in [0.1, 0.15) is 0 Å². The predicted molar refractivity (Wildman–Crippen MR) is 83.8 cm³/mol. The number of amides is 1. The van der Waals surface area contributed by atoms with Crippen LogP contribution in [0.25, 0.3) is 0 Å². The Labute approximate surface area is 138 Å². The van der Waals surface area contributed by atoms with Gasteiger partial charge >= 0.3 is 0 Å². The predicted octanol–water partition coefficient (Wildman–Crippen LogP) is 1.13. The number of rotatable bonds is 7. The van der Waals surface area contributed by atoms with E-state index < -0.39 is 23.4 Å². The first kappa shape index (κ1) is 17.1. The number of nitrogens with one attached hydrogen (secondary N) is 1. The van der Waals surface area contributed by atoms with Gasteiger partial charge in [0.25, 0.3) is 5.69 Å². The molecule has 2 rings (SSSR count). The Hall–Kier alpha value is -3.22. The third-order valence-electron chi connectivity index (χ3n) is 3.40. The van der Waals surface area contributed by atoms with E-state index in [-0.39, 0.29) is 18.0 Å². The molecule has 0 fully saturated rings. The number of non-ortho nitro benzene ring substituents is 1. The van der Waals surface area contributed by atoms with Gasteiger partial charge in [-0.2, -0.15) is 0 Å². The van der Waals surface area contributed by atoms with Gasteiger partial charge in [0.05, 0.1) is 17.4 Å². The molecule has 2 aromatic carbocycles. The van der Waals surface area contributed by atoms with Crippen molar-refractivity contribution in [3.05, 3.63) is 75.8 Å². The number of nitro benzene ring substituents is 1. The molecule has 0 bridgehead atoms. The summed E-state index contributed by atoms with van der Waals surface area (Å²) < 4.78 is 0. The number of carboxylic acid groups (broad SMARTS) is 1. The molecule has 2 aromatic rings. The van der Waals surface area contributed by atoms with E-state index in [0.717, 1.165) is 5.56 Å². The average molecular weight is 327 g/mol. The van der Waals surface area contributed by atoms with Crippen LogP contribution >= 0.6 is 0 Å². The number of nitrogens with zero attached hydrogens (tertiary/aromatic N) is 1. The highest BCUT2D eigenvalue weighted by Crippen LogP contribution is 2.21. The lowest BCUT2D eigenvalue weighted by molar-refractivity contribution is -0.385. The van der Waals surface area contributed by atoms with Gasteiger partial charge in [-0.3, -0.25) is 14.9 Å². The third-order valence-corrected chi connectivity index (χ3v) is 3.40. The highest BCUT2D eigenvalue weighted by molar-refractivity contribution is 5.79. The van der Waals surface area contributed by atoms with Crippen molar-refractivity contribution in [2.75, 3.05) is 0 Å². The van der Waals surface area contributed by atoms with Gasteiger partial charge in [0.15, 0.2) is 0 Å². The number of benzene rings is 2. The van der Waals surface area contributed by atoms with E-state index in [1.807, 2.05) is 6.07 Å². The Bertz CT molecular complexity index is 746. The van der Waals surface area contributed by atoms with E-state index in [1.165, 1.54) is 24.3 Å². The Morgan fingerprint density at radius 1 is 1.08 bits per heavy atom. The van der Waals surface area contributed by atoms with Gasteiger partial charge in [-0.15, -0.1) is 0 Å². The van der Waals surface area contributed by atoms with Crippen LogP contribution in [-0.2, 0) is 16.0 Å². The van der Waals surface area contributed by atoms with Crippen molar-refractivity contribution in [1.29, 1.82) is 0 Å². The monoisotopic (exact) mass is 327 g/mol. The van der Waals surface area contributed by atoms with Gasteiger partial charge in [-0.25, -0.2) is 0 Å². The Morgan fingerprint density at radius 3 is 2.42 bits per heavy atom. The van der Waals surface area contributed by atoms with Crippen molar-refractivity contribution in [3.8, 4) is 0 Å². The molecular weight excluding hydrogens is 312 g/mol. The second-order valence-electron chi connectivity index (χ2n) is 5.21. The Kier molecular flexibility index (Phi) is 5.62. The van der Waals surface area contributed by atoms with E-state index in [9.17, 15) is 24.8 Å². The molecule has 1 atom stereocenters. The zero-order chi connectivity index (χ0) is 17.5. The quantitative estimate of drug-likeness (QED) is 0.605. The first-order valence-electron chi connectivity index (χ1n) is 7.23. The molecule has 0 heterocycles. The number of nitro groups is 1. The van der Waals surface area contributed by atoms with Crippen molar-refractivity contribution < 1.29 is 19.6 Å². The number of hydrogen-bond acceptors (Lipinski definition) is 5. The first-order chi connectivity index (χ1) is 11.5. The fourth-order valence-electron chi connectivity index (χ4n) is 2.30. The average Bonchev–Trinajstić information content (AvgIpc) is 2.55. The van der Waals surface area contributed by atoms with Gasteiger partial charge in [-0.05, 0) is 11.1 Å². The number of carboxylic acids is 1. The van der Waals surface area contributed by atoms with Gasteiger partial charge < -0.3 is 15.2 Å². The number of carbonyl (C=O) groups is 2. The maximum atomic E-state index is 12.1. The lowest BCUT2D eigenvalue weighted by Gasteiger charge is -2.19. The molecule has 0 aromatic heterocycles. The van der Waals surface area contributed by atoms with Crippen molar-refractivity contribution in [2.45, 2.75) is 18.9 Å². The molecule has 1 N–H and O–H groups in total. The van der Waals surface area contributed by atoms with E-state index in [4.69, 9.17) is 0 Å². The maximum Gasteiger partial charge on any atom is 0.269 e. The first-order valence-corrected chi connectivity index (χ1v) is 7.23. The molecule has 0 radical (unpaired) electrons. The fraction of sp³-hybridized carbons (Fsp3) is 0.176. The van der Waals surface area contributed by atoms with Crippen LogP contribution < -0.4 is 10.4 Å². The van der Waals surface area contributed by atoms with Crippen LogP contribution in [0.3, 0.4) is 0 Å². The molecule has 24 heavy (non-hydrogen) atoms. The molecule has 7 heteroatoms. The summed E-state index contributed by atoms with van der Waals surface area (Å²) in [6.45, 7) is 0. The fourth-order valence-corrected chi connectivity index (χ4v) is 2.30. The molecule has 0 unspecified atom stereocenters. The topological polar surface area (TPSA) is 112 Å². The summed E-state index contributed by atoms with van der Waals surface area (Å²) >= 11 is 0. The largest absolute Gasteiger partial charge is 0.550 e. The van der Waals surface area contributed by atoms with Crippen LogP contribution in [0.5, 0.6) is 0 Å². The molecule has 1 amide bonds. The second-order valence-corrected chi connectivity index (χ2v) is 5.21. The third kappa shape index (κ3) is 4.91. The smallest absolute Gasteiger partial charge is 0.269 e. The minimum absolute atomic E-state index is 0.0827. The summed E-state index contributed by atoms with van der Waals surface area (Å²) in [7, 11) is 0. The zero-order valence-corrected chi connectivity index (χ0v) is 12.7. The second kappa shape index (κ2) is 7.87. The summed E-state index contributed by atoms with van der Waals surface area (Å²) in [5.74, 6) is -1.73. The van der Waals surface area contributed by atoms with Crippen LogP contribution in [0.2, 0.25) is 0 Å². The number of aliphatic carboxylic acids is 1. The summed E-state index contributed by atoms with van der Waals surface area (Å²) in [4.78, 5) is 33.4. The normalized spacial score (nSPS) is 11.5. The molecule has 0 aliphatic carbocycles. The Balaban J connectivity index is 2.16. The van der Waals surface area contributed by atoms with Crippen LogP contribution in [0.1, 0.15) is 23.6 Å². The minimum atomic E-state index is -1.36. The molecule has 0 saturated carbocycles. The summed E-state index contributed by atoms with van der Waals surface area (Å²) in [5.41, 5.74) is 0.948. The Morgan fingerprint density at radius 2 is 1.79 bits per heavy atom. The van der Waals surface area contributed by atoms with Crippen LogP contribution in [0.15, 0.2) is 54.6 Å². The van der Waals surface area contributed by atoms with Crippen LogP contribution in [-0.4, -0.2) is 16.8 Å².